The number of amides is 1. The van der Waals surface area contributed by atoms with Crippen molar-refractivity contribution in [3.8, 4) is 0 Å². The van der Waals surface area contributed by atoms with Crippen LogP contribution < -0.4 is 10.2 Å². The van der Waals surface area contributed by atoms with E-state index in [-0.39, 0.29) is 23.8 Å². The second-order valence-corrected chi connectivity index (χ2v) is 7.87. The van der Waals surface area contributed by atoms with Gasteiger partial charge >= 0.3 is 0 Å². The summed E-state index contributed by atoms with van der Waals surface area (Å²) in [6, 6.07) is 1.81. The molecule has 6 heteroatoms. The molecule has 0 unspecified atom stereocenters. The molecule has 0 atom stereocenters. The number of aromatic nitrogens is 2. The maximum Gasteiger partial charge on any atom is 0.270 e. The molecule has 0 bridgehead atoms. The minimum atomic E-state index is -0.167. The molecule has 2 aliphatic rings. The van der Waals surface area contributed by atoms with Crippen molar-refractivity contribution in [1.29, 1.82) is 0 Å². The van der Waals surface area contributed by atoms with Gasteiger partial charge in [-0.05, 0) is 37.7 Å². The lowest BCUT2D eigenvalue weighted by Gasteiger charge is -2.22. The molecular formula is C19H30N4O2. The maximum absolute atomic E-state index is 12.6. The third-order valence-electron chi connectivity index (χ3n) is 5.36. The summed E-state index contributed by atoms with van der Waals surface area (Å²) in [5, 5.41) is 12.4. The molecular weight excluding hydrogens is 316 g/mol. The molecule has 0 aromatic carbocycles. The van der Waals surface area contributed by atoms with Crippen molar-refractivity contribution in [3.05, 3.63) is 17.5 Å². The van der Waals surface area contributed by atoms with Crippen molar-refractivity contribution in [1.82, 2.24) is 15.3 Å². The standard InChI is InChI=1S/C19H30N4O2/c1-14(2)15-11-16(17(25)20-12-19(13-24)7-8-19)22-18(21-15)23-9-5-3-4-6-10-23/h11,14,24H,3-10,12-13H2,1-2H3,(H,20,25). The van der Waals surface area contributed by atoms with Crippen molar-refractivity contribution in [2.45, 2.75) is 58.3 Å². The van der Waals surface area contributed by atoms with Crippen LogP contribution in [0, 0.1) is 5.41 Å². The molecule has 1 aromatic rings. The summed E-state index contributed by atoms with van der Waals surface area (Å²) >= 11 is 0. The van der Waals surface area contributed by atoms with Crippen LogP contribution in [0.5, 0.6) is 0 Å². The zero-order valence-corrected chi connectivity index (χ0v) is 15.4. The number of hydrogen-bond acceptors (Lipinski definition) is 5. The largest absolute Gasteiger partial charge is 0.396 e. The number of aliphatic hydroxyl groups is 1. The zero-order valence-electron chi connectivity index (χ0n) is 15.4. The first-order chi connectivity index (χ1) is 12.0. The maximum atomic E-state index is 12.6. The van der Waals surface area contributed by atoms with Gasteiger partial charge in [0.15, 0.2) is 0 Å². The number of anilines is 1. The second kappa shape index (κ2) is 7.68. The van der Waals surface area contributed by atoms with Crippen LogP contribution in [0.4, 0.5) is 5.95 Å². The van der Waals surface area contributed by atoms with Gasteiger partial charge in [0.1, 0.15) is 5.69 Å². The zero-order chi connectivity index (χ0) is 17.9. The van der Waals surface area contributed by atoms with Crippen LogP contribution in [-0.4, -0.2) is 47.2 Å². The third-order valence-corrected chi connectivity index (χ3v) is 5.36. The fraction of sp³-hybridized carbons (Fsp3) is 0.737. The fourth-order valence-electron chi connectivity index (χ4n) is 3.20. The number of carbonyl (C=O) groups is 1. The molecule has 138 valence electrons. The van der Waals surface area contributed by atoms with E-state index in [9.17, 15) is 9.90 Å². The van der Waals surface area contributed by atoms with E-state index in [2.05, 4.69) is 29.0 Å². The Morgan fingerprint density at radius 2 is 1.92 bits per heavy atom. The normalized spacial score (nSPS) is 19.6. The Morgan fingerprint density at radius 1 is 1.24 bits per heavy atom. The Balaban J connectivity index is 1.78. The summed E-state index contributed by atoms with van der Waals surface area (Å²) in [6.07, 6.45) is 6.74. The van der Waals surface area contributed by atoms with Crippen LogP contribution in [0.1, 0.15) is 74.5 Å². The number of rotatable bonds is 6. The van der Waals surface area contributed by atoms with Gasteiger partial charge in [-0.3, -0.25) is 4.79 Å². The molecule has 3 rings (SSSR count). The Kier molecular flexibility index (Phi) is 5.57. The van der Waals surface area contributed by atoms with Crippen LogP contribution in [-0.2, 0) is 0 Å². The lowest BCUT2D eigenvalue weighted by atomic mass is 10.1. The molecule has 6 nitrogen and oxygen atoms in total. The highest BCUT2D eigenvalue weighted by atomic mass is 16.3. The lowest BCUT2D eigenvalue weighted by molar-refractivity contribution is 0.0930. The van der Waals surface area contributed by atoms with Crippen molar-refractivity contribution in [3.63, 3.8) is 0 Å². The number of hydrogen-bond donors (Lipinski definition) is 2. The van der Waals surface area contributed by atoms with Gasteiger partial charge in [-0.2, -0.15) is 0 Å². The quantitative estimate of drug-likeness (QED) is 0.827. The highest BCUT2D eigenvalue weighted by molar-refractivity contribution is 5.92. The van der Waals surface area contributed by atoms with Gasteiger partial charge in [0.05, 0.1) is 6.61 Å². The van der Waals surface area contributed by atoms with E-state index in [0.29, 0.717) is 18.2 Å². The summed E-state index contributed by atoms with van der Waals surface area (Å²) in [5.74, 6) is 0.758. The summed E-state index contributed by atoms with van der Waals surface area (Å²) in [6.45, 7) is 6.73. The number of nitrogens with zero attached hydrogens (tertiary/aromatic N) is 3. The van der Waals surface area contributed by atoms with Gasteiger partial charge < -0.3 is 15.3 Å². The van der Waals surface area contributed by atoms with E-state index in [1.807, 2.05) is 0 Å². The van der Waals surface area contributed by atoms with E-state index in [1.54, 1.807) is 6.07 Å². The molecule has 1 aliphatic heterocycles. The second-order valence-electron chi connectivity index (χ2n) is 7.87. The van der Waals surface area contributed by atoms with Gasteiger partial charge in [0, 0.05) is 30.7 Å². The molecule has 1 saturated carbocycles. The SMILES string of the molecule is CC(C)c1cc(C(=O)NCC2(CO)CC2)nc(N2CCCCCC2)n1. The Hall–Kier alpha value is -1.69. The highest BCUT2D eigenvalue weighted by Crippen LogP contribution is 2.44. The molecule has 2 heterocycles. The predicted molar refractivity (Wildman–Crippen MR) is 97.9 cm³/mol. The first-order valence-electron chi connectivity index (χ1n) is 9.56. The van der Waals surface area contributed by atoms with Gasteiger partial charge in [-0.15, -0.1) is 0 Å². The first-order valence-corrected chi connectivity index (χ1v) is 9.56. The molecule has 1 aromatic heterocycles. The van der Waals surface area contributed by atoms with Crippen LogP contribution in [0.25, 0.3) is 0 Å². The van der Waals surface area contributed by atoms with E-state index >= 15 is 0 Å². The van der Waals surface area contributed by atoms with Crippen LogP contribution in [0.3, 0.4) is 0 Å². The first kappa shape index (κ1) is 18.1. The van der Waals surface area contributed by atoms with Gasteiger partial charge in [0.25, 0.3) is 5.91 Å². The van der Waals surface area contributed by atoms with E-state index in [0.717, 1.165) is 44.5 Å². The molecule has 0 radical (unpaired) electrons. The van der Waals surface area contributed by atoms with Gasteiger partial charge in [-0.25, -0.2) is 9.97 Å². The molecule has 25 heavy (non-hydrogen) atoms. The van der Waals surface area contributed by atoms with E-state index in [4.69, 9.17) is 4.98 Å². The smallest absolute Gasteiger partial charge is 0.270 e. The van der Waals surface area contributed by atoms with Gasteiger partial charge in [0.2, 0.25) is 5.95 Å². The number of nitrogens with one attached hydrogen (secondary N) is 1. The molecule has 1 saturated heterocycles. The van der Waals surface area contributed by atoms with Crippen molar-refractivity contribution >= 4 is 11.9 Å². The summed E-state index contributed by atoms with van der Waals surface area (Å²) in [7, 11) is 0. The average Bonchev–Trinajstić information content (AvgIpc) is 3.43. The van der Waals surface area contributed by atoms with E-state index < -0.39 is 0 Å². The topological polar surface area (TPSA) is 78.3 Å². The Morgan fingerprint density at radius 3 is 2.48 bits per heavy atom. The lowest BCUT2D eigenvalue weighted by Crippen LogP contribution is -2.33. The van der Waals surface area contributed by atoms with Crippen LogP contribution in [0.2, 0.25) is 0 Å². The van der Waals surface area contributed by atoms with Crippen molar-refractivity contribution < 1.29 is 9.90 Å². The minimum Gasteiger partial charge on any atom is -0.396 e. The monoisotopic (exact) mass is 346 g/mol. The summed E-state index contributed by atoms with van der Waals surface area (Å²) < 4.78 is 0. The number of carbonyl (C=O) groups excluding carboxylic acids is 1. The fourth-order valence-corrected chi connectivity index (χ4v) is 3.20. The predicted octanol–water partition coefficient (Wildman–Crippen LogP) is 2.48. The number of aliphatic hydroxyl groups excluding tert-OH is 1. The van der Waals surface area contributed by atoms with Gasteiger partial charge in [-0.1, -0.05) is 26.7 Å². The Bertz CT molecular complexity index is 605. The molecule has 1 aliphatic carbocycles. The Labute approximate surface area is 150 Å². The molecule has 2 N–H and O–H groups in total. The van der Waals surface area contributed by atoms with Crippen LogP contribution in [0.15, 0.2) is 6.07 Å². The van der Waals surface area contributed by atoms with Crippen molar-refractivity contribution in [2.75, 3.05) is 31.1 Å². The van der Waals surface area contributed by atoms with E-state index in [1.165, 1.54) is 12.8 Å². The third kappa shape index (κ3) is 4.48. The molecule has 2 fully saturated rings. The molecule has 0 spiro atoms. The molecule has 1 amide bonds. The summed E-state index contributed by atoms with van der Waals surface area (Å²) in [5.41, 5.74) is 1.24. The van der Waals surface area contributed by atoms with Crippen molar-refractivity contribution in [2.24, 2.45) is 5.41 Å². The summed E-state index contributed by atoms with van der Waals surface area (Å²) in [4.78, 5) is 24.1. The highest BCUT2D eigenvalue weighted by Gasteiger charge is 2.42. The van der Waals surface area contributed by atoms with Crippen LogP contribution >= 0.6 is 0 Å². The average molecular weight is 346 g/mol. The minimum absolute atomic E-state index is 0.100.